The summed E-state index contributed by atoms with van der Waals surface area (Å²) in [4.78, 5) is 4.40. The van der Waals surface area contributed by atoms with E-state index in [1.807, 2.05) is 18.3 Å². The third-order valence-electron chi connectivity index (χ3n) is 4.72. The molecule has 3 N–H and O–H groups in total. The molecule has 3 nitrogen and oxygen atoms in total. The Kier molecular flexibility index (Phi) is 3.51. The van der Waals surface area contributed by atoms with E-state index in [1.54, 1.807) is 0 Å². The molecule has 1 aliphatic rings. The van der Waals surface area contributed by atoms with Crippen LogP contribution in [0, 0.1) is 11.8 Å². The summed E-state index contributed by atoms with van der Waals surface area (Å²) >= 11 is 0. The lowest BCUT2D eigenvalue weighted by Gasteiger charge is -2.33. The van der Waals surface area contributed by atoms with E-state index in [4.69, 9.17) is 5.73 Å². The van der Waals surface area contributed by atoms with Gasteiger partial charge >= 0.3 is 0 Å². The van der Waals surface area contributed by atoms with Crippen molar-refractivity contribution in [2.75, 3.05) is 11.1 Å². The summed E-state index contributed by atoms with van der Waals surface area (Å²) in [7, 11) is 0. The molecule has 0 saturated heterocycles. The summed E-state index contributed by atoms with van der Waals surface area (Å²) in [6.07, 6.45) is 5.68. The molecule has 1 heterocycles. The van der Waals surface area contributed by atoms with Gasteiger partial charge in [-0.05, 0) is 55.4 Å². The third kappa shape index (κ3) is 2.58. The lowest BCUT2D eigenvalue weighted by Crippen LogP contribution is -2.30. The molecule has 106 valence electrons. The monoisotopic (exact) mass is 269 g/mol. The largest absolute Gasteiger partial charge is 0.399 e. The Labute approximate surface area is 120 Å². The highest BCUT2D eigenvalue weighted by molar-refractivity contribution is 5.92. The first-order valence-electron chi connectivity index (χ1n) is 7.54. The molecule has 1 aliphatic carbocycles. The normalized spacial score (nSPS) is 26.6. The van der Waals surface area contributed by atoms with E-state index in [2.05, 4.69) is 36.3 Å². The van der Waals surface area contributed by atoms with Crippen molar-refractivity contribution in [2.45, 2.75) is 39.2 Å². The van der Waals surface area contributed by atoms with Gasteiger partial charge < -0.3 is 11.1 Å². The molecule has 0 amide bonds. The molecule has 0 spiro atoms. The molecule has 1 saturated carbocycles. The van der Waals surface area contributed by atoms with Crippen molar-refractivity contribution in [3.05, 3.63) is 30.5 Å². The fourth-order valence-electron chi connectivity index (χ4n) is 3.19. The number of nitrogens with zero attached hydrogens (tertiary/aromatic N) is 1. The second-order valence-electron chi connectivity index (χ2n) is 6.24. The smallest absolute Gasteiger partial charge is 0.0743 e. The Morgan fingerprint density at radius 1 is 1.15 bits per heavy atom. The molecular formula is C17H23N3. The van der Waals surface area contributed by atoms with Crippen LogP contribution in [0.25, 0.3) is 10.9 Å². The minimum Gasteiger partial charge on any atom is -0.399 e. The molecule has 3 heteroatoms. The minimum absolute atomic E-state index is 0.573. The Bertz CT molecular complexity index is 608. The third-order valence-corrected chi connectivity index (χ3v) is 4.72. The van der Waals surface area contributed by atoms with Crippen molar-refractivity contribution in [3.8, 4) is 0 Å². The van der Waals surface area contributed by atoms with E-state index in [0.29, 0.717) is 6.04 Å². The molecule has 1 fully saturated rings. The average Bonchev–Trinajstić information content (AvgIpc) is 2.43. The van der Waals surface area contributed by atoms with Crippen LogP contribution in [0.5, 0.6) is 0 Å². The molecule has 1 aromatic carbocycles. The number of anilines is 2. The Balaban J connectivity index is 1.84. The van der Waals surface area contributed by atoms with Crippen molar-refractivity contribution < 1.29 is 0 Å². The predicted molar refractivity (Wildman–Crippen MR) is 85.7 cm³/mol. The maximum atomic E-state index is 5.83. The highest BCUT2D eigenvalue weighted by Crippen LogP contribution is 2.32. The van der Waals surface area contributed by atoms with Crippen LogP contribution in [0.1, 0.15) is 33.1 Å². The number of pyridine rings is 1. The van der Waals surface area contributed by atoms with Crippen molar-refractivity contribution in [1.82, 2.24) is 4.98 Å². The summed E-state index contributed by atoms with van der Waals surface area (Å²) in [5.74, 6) is 1.65. The first kappa shape index (κ1) is 13.2. The van der Waals surface area contributed by atoms with Crippen molar-refractivity contribution >= 4 is 22.3 Å². The van der Waals surface area contributed by atoms with E-state index in [1.165, 1.54) is 24.9 Å². The van der Waals surface area contributed by atoms with Crippen molar-refractivity contribution in [3.63, 3.8) is 0 Å². The zero-order valence-corrected chi connectivity index (χ0v) is 12.3. The van der Waals surface area contributed by atoms with Crippen LogP contribution >= 0.6 is 0 Å². The summed E-state index contributed by atoms with van der Waals surface area (Å²) in [5, 5.41) is 4.87. The highest BCUT2D eigenvalue weighted by Gasteiger charge is 2.24. The van der Waals surface area contributed by atoms with Crippen molar-refractivity contribution in [1.29, 1.82) is 0 Å². The first-order chi connectivity index (χ1) is 9.63. The Morgan fingerprint density at radius 3 is 2.80 bits per heavy atom. The van der Waals surface area contributed by atoms with Crippen LogP contribution in [-0.2, 0) is 0 Å². The van der Waals surface area contributed by atoms with Gasteiger partial charge in [0.25, 0.3) is 0 Å². The van der Waals surface area contributed by atoms with Crippen LogP contribution < -0.4 is 11.1 Å². The molecule has 0 aliphatic heterocycles. The topological polar surface area (TPSA) is 50.9 Å². The number of aromatic nitrogens is 1. The van der Waals surface area contributed by atoms with Gasteiger partial charge in [-0.3, -0.25) is 4.98 Å². The molecule has 20 heavy (non-hydrogen) atoms. The van der Waals surface area contributed by atoms with Gasteiger partial charge in [-0.2, -0.15) is 0 Å². The maximum absolute atomic E-state index is 5.83. The number of nitrogens with two attached hydrogens (primary N) is 1. The van der Waals surface area contributed by atoms with Crippen LogP contribution in [0.2, 0.25) is 0 Å². The molecular weight excluding hydrogens is 246 g/mol. The van der Waals surface area contributed by atoms with E-state index in [0.717, 1.165) is 28.4 Å². The number of nitrogen functional groups attached to an aromatic ring is 1. The first-order valence-corrected chi connectivity index (χ1v) is 7.54. The van der Waals surface area contributed by atoms with E-state index in [9.17, 15) is 0 Å². The van der Waals surface area contributed by atoms with Gasteiger partial charge in [0.2, 0.25) is 0 Å². The van der Waals surface area contributed by atoms with Crippen LogP contribution in [0.15, 0.2) is 30.5 Å². The number of fused-ring (bicyclic) bond motifs is 1. The lowest BCUT2D eigenvalue weighted by molar-refractivity contribution is 0.261. The standard InChI is InChI=1S/C17H23N3/c1-11-3-5-14(9-12(11)2)20-16-7-8-19-17-10-13(18)4-6-15(16)17/h4,6-8,10-12,14H,3,5,9,18H2,1-2H3,(H,19,20). The summed E-state index contributed by atoms with van der Waals surface area (Å²) in [6, 6.07) is 8.59. The molecule has 1 aromatic heterocycles. The lowest BCUT2D eigenvalue weighted by atomic mass is 9.79. The van der Waals surface area contributed by atoms with E-state index < -0.39 is 0 Å². The quantitative estimate of drug-likeness (QED) is 0.808. The predicted octanol–water partition coefficient (Wildman–Crippen LogP) is 4.05. The molecule has 3 atom stereocenters. The van der Waals surface area contributed by atoms with E-state index >= 15 is 0 Å². The minimum atomic E-state index is 0.573. The van der Waals surface area contributed by atoms with Crippen LogP contribution in [0.4, 0.5) is 11.4 Å². The van der Waals surface area contributed by atoms with E-state index in [-0.39, 0.29) is 0 Å². The number of nitrogens with one attached hydrogen (secondary N) is 1. The summed E-state index contributed by atoms with van der Waals surface area (Å²) in [6.45, 7) is 4.73. The van der Waals surface area contributed by atoms with Gasteiger partial charge in [0.15, 0.2) is 0 Å². The number of hydrogen-bond donors (Lipinski definition) is 2. The van der Waals surface area contributed by atoms with Gasteiger partial charge in [-0.25, -0.2) is 0 Å². The molecule has 0 radical (unpaired) electrons. The van der Waals surface area contributed by atoms with Gasteiger partial charge in [0, 0.05) is 29.0 Å². The SMILES string of the molecule is CC1CCC(Nc2ccnc3cc(N)ccc23)CC1C. The maximum Gasteiger partial charge on any atom is 0.0743 e. The zero-order chi connectivity index (χ0) is 14.1. The van der Waals surface area contributed by atoms with Gasteiger partial charge in [0.05, 0.1) is 5.52 Å². The van der Waals surface area contributed by atoms with Crippen LogP contribution in [-0.4, -0.2) is 11.0 Å². The summed E-state index contributed by atoms with van der Waals surface area (Å²) in [5.41, 5.74) is 8.74. The molecule has 2 aromatic rings. The van der Waals surface area contributed by atoms with Crippen molar-refractivity contribution in [2.24, 2.45) is 11.8 Å². The number of rotatable bonds is 2. The average molecular weight is 269 g/mol. The molecule has 3 unspecified atom stereocenters. The highest BCUT2D eigenvalue weighted by atomic mass is 14.9. The second kappa shape index (κ2) is 5.31. The molecule has 3 rings (SSSR count). The van der Waals surface area contributed by atoms with Gasteiger partial charge in [-0.1, -0.05) is 13.8 Å². The van der Waals surface area contributed by atoms with Gasteiger partial charge in [0.1, 0.15) is 0 Å². The second-order valence-corrected chi connectivity index (χ2v) is 6.24. The zero-order valence-electron chi connectivity index (χ0n) is 12.3. The Morgan fingerprint density at radius 2 is 2.00 bits per heavy atom. The fraction of sp³-hybridized carbons (Fsp3) is 0.471. The molecule has 0 bridgehead atoms. The number of hydrogen-bond acceptors (Lipinski definition) is 3. The number of benzene rings is 1. The van der Waals surface area contributed by atoms with Crippen LogP contribution in [0.3, 0.4) is 0 Å². The summed E-state index contributed by atoms with van der Waals surface area (Å²) < 4.78 is 0. The Hall–Kier alpha value is -1.77. The van der Waals surface area contributed by atoms with Gasteiger partial charge in [-0.15, -0.1) is 0 Å². The fourth-order valence-corrected chi connectivity index (χ4v) is 3.19.